The SMILES string of the molecule is COc1cc(Br)ccc1C=CCCNC(=O)OCC1c2ccccc2-c2ccccc21. The van der Waals surface area contributed by atoms with Crippen molar-refractivity contribution in [3.05, 3.63) is 94.0 Å². The van der Waals surface area contributed by atoms with Gasteiger partial charge >= 0.3 is 6.09 Å². The summed E-state index contributed by atoms with van der Waals surface area (Å²) < 4.78 is 11.9. The van der Waals surface area contributed by atoms with Gasteiger partial charge in [0.25, 0.3) is 0 Å². The van der Waals surface area contributed by atoms with E-state index in [1.54, 1.807) is 7.11 Å². The van der Waals surface area contributed by atoms with Crippen LogP contribution in [0.25, 0.3) is 17.2 Å². The molecule has 1 amide bonds. The Morgan fingerprint density at radius 2 is 1.71 bits per heavy atom. The van der Waals surface area contributed by atoms with Gasteiger partial charge in [-0.2, -0.15) is 0 Å². The van der Waals surface area contributed by atoms with Gasteiger partial charge in [-0.05, 0) is 40.8 Å². The fourth-order valence-corrected chi connectivity index (χ4v) is 4.28. The Labute approximate surface area is 191 Å². The number of amides is 1. The maximum atomic E-state index is 12.2. The first-order valence-corrected chi connectivity index (χ1v) is 11.1. The molecule has 5 heteroatoms. The standard InChI is InChI=1S/C26H24BrNO3/c1-30-25-16-19(27)14-13-18(25)8-6-7-15-28-26(29)31-17-24-22-11-4-2-9-20(22)21-10-3-5-12-23(21)24/h2-6,8-14,16,24H,7,15,17H2,1H3,(H,28,29). The van der Waals surface area contributed by atoms with Gasteiger partial charge in [0.05, 0.1) is 7.11 Å². The highest BCUT2D eigenvalue weighted by molar-refractivity contribution is 9.10. The second-order valence-electron chi connectivity index (χ2n) is 7.33. The second-order valence-corrected chi connectivity index (χ2v) is 8.25. The molecule has 0 fully saturated rings. The highest BCUT2D eigenvalue weighted by Crippen LogP contribution is 2.44. The van der Waals surface area contributed by atoms with Crippen LogP contribution in [0.15, 0.2) is 77.3 Å². The molecule has 1 N–H and O–H groups in total. The Hall–Kier alpha value is -3.05. The van der Waals surface area contributed by atoms with E-state index in [-0.39, 0.29) is 5.92 Å². The van der Waals surface area contributed by atoms with Gasteiger partial charge in [-0.15, -0.1) is 0 Å². The fraction of sp³-hybridized carbons (Fsp3) is 0.192. The van der Waals surface area contributed by atoms with Crippen LogP contribution in [0, 0.1) is 0 Å². The van der Waals surface area contributed by atoms with E-state index in [1.165, 1.54) is 22.3 Å². The Kier molecular flexibility index (Phi) is 6.73. The molecule has 0 spiro atoms. The molecule has 1 aliphatic rings. The van der Waals surface area contributed by atoms with Crippen LogP contribution in [0.5, 0.6) is 5.75 Å². The van der Waals surface area contributed by atoms with Gasteiger partial charge in [-0.1, -0.05) is 82.7 Å². The predicted molar refractivity (Wildman–Crippen MR) is 127 cm³/mol. The lowest BCUT2D eigenvalue weighted by Crippen LogP contribution is -2.26. The number of ether oxygens (including phenoxy) is 2. The first-order valence-electron chi connectivity index (χ1n) is 10.3. The number of alkyl carbamates (subject to hydrolysis) is 1. The molecule has 4 rings (SSSR count). The third kappa shape index (κ3) is 4.83. The molecule has 0 saturated carbocycles. The van der Waals surface area contributed by atoms with Crippen LogP contribution < -0.4 is 10.1 Å². The summed E-state index contributed by atoms with van der Waals surface area (Å²) in [6.07, 6.45) is 4.31. The summed E-state index contributed by atoms with van der Waals surface area (Å²) in [5.74, 6) is 0.873. The van der Waals surface area contributed by atoms with Crippen molar-refractivity contribution in [3.63, 3.8) is 0 Å². The third-order valence-electron chi connectivity index (χ3n) is 5.42. The summed E-state index contributed by atoms with van der Waals surface area (Å²) in [6.45, 7) is 0.831. The van der Waals surface area contributed by atoms with Crippen molar-refractivity contribution in [2.75, 3.05) is 20.3 Å². The molecule has 0 unspecified atom stereocenters. The van der Waals surface area contributed by atoms with Crippen LogP contribution in [-0.4, -0.2) is 26.4 Å². The van der Waals surface area contributed by atoms with Gasteiger partial charge in [-0.25, -0.2) is 4.79 Å². The summed E-state index contributed by atoms with van der Waals surface area (Å²) in [6, 6.07) is 22.5. The summed E-state index contributed by atoms with van der Waals surface area (Å²) in [7, 11) is 1.65. The number of hydrogen-bond acceptors (Lipinski definition) is 3. The number of halogens is 1. The number of nitrogens with one attached hydrogen (secondary N) is 1. The largest absolute Gasteiger partial charge is 0.496 e. The zero-order valence-corrected chi connectivity index (χ0v) is 18.9. The molecule has 0 radical (unpaired) electrons. The van der Waals surface area contributed by atoms with Crippen molar-refractivity contribution in [1.82, 2.24) is 5.32 Å². The number of benzene rings is 3. The molecule has 31 heavy (non-hydrogen) atoms. The summed E-state index contributed by atoms with van der Waals surface area (Å²) in [5.41, 5.74) is 5.86. The molecule has 1 aliphatic carbocycles. The first kappa shape index (κ1) is 21.2. The highest BCUT2D eigenvalue weighted by Gasteiger charge is 2.28. The quantitative estimate of drug-likeness (QED) is 0.400. The van der Waals surface area contributed by atoms with Crippen molar-refractivity contribution >= 4 is 28.1 Å². The van der Waals surface area contributed by atoms with Crippen LogP contribution in [0.2, 0.25) is 0 Å². The Bertz CT molecular complexity index is 1060. The number of hydrogen-bond donors (Lipinski definition) is 1. The van der Waals surface area contributed by atoms with E-state index in [4.69, 9.17) is 9.47 Å². The lowest BCUT2D eigenvalue weighted by molar-refractivity contribution is 0.143. The lowest BCUT2D eigenvalue weighted by atomic mass is 9.98. The van der Waals surface area contributed by atoms with E-state index in [1.807, 2.05) is 54.6 Å². The Morgan fingerprint density at radius 3 is 2.39 bits per heavy atom. The van der Waals surface area contributed by atoms with Gasteiger partial charge in [0.15, 0.2) is 0 Å². The molecule has 0 saturated heterocycles. The topological polar surface area (TPSA) is 47.6 Å². The molecule has 158 valence electrons. The van der Waals surface area contributed by atoms with E-state index in [0.29, 0.717) is 19.6 Å². The summed E-state index contributed by atoms with van der Waals surface area (Å²) in [5, 5.41) is 2.83. The van der Waals surface area contributed by atoms with E-state index in [0.717, 1.165) is 15.8 Å². The summed E-state index contributed by atoms with van der Waals surface area (Å²) in [4.78, 5) is 12.2. The molecule has 3 aromatic carbocycles. The average Bonchev–Trinajstić information content (AvgIpc) is 3.12. The van der Waals surface area contributed by atoms with Crippen molar-refractivity contribution < 1.29 is 14.3 Å². The smallest absolute Gasteiger partial charge is 0.407 e. The Morgan fingerprint density at radius 1 is 1.03 bits per heavy atom. The molecule has 0 aromatic heterocycles. The van der Waals surface area contributed by atoms with E-state index < -0.39 is 6.09 Å². The second kappa shape index (κ2) is 9.84. The number of carbonyl (C=O) groups excluding carboxylic acids is 1. The Balaban J connectivity index is 1.28. The number of rotatable bonds is 7. The van der Waals surface area contributed by atoms with Gasteiger partial charge in [0.1, 0.15) is 12.4 Å². The highest BCUT2D eigenvalue weighted by atomic mass is 79.9. The molecular weight excluding hydrogens is 454 g/mol. The normalized spacial score (nSPS) is 12.5. The predicted octanol–water partition coefficient (Wildman–Crippen LogP) is 6.40. The number of carbonyl (C=O) groups is 1. The van der Waals surface area contributed by atoms with Gasteiger partial charge in [0, 0.05) is 22.5 Å². The first-order chi connectivity index (χ1) is 15.2. The van der Waals surface area contributed by atoms with Gasteiger partial charge in [-0.3, -0.25) is 0 Å². The molecular formula is C26H24BrNO3. The van der Waals surface area contributed by atoms with E-state index >= 15 is 0 Å². The zero-order chi connectivity index (χ0) is 21.6. The maximum absolute atomic E-state index is 12.2. The van der Waals surface area contributed by atoms with Gasteiger partial charge in [0.2, 0.25) is 0 Å². The molecule has 0 heterocycles. The molecule has 3 aromatic rings. The number of methoxy groups -OCH3 is 1. The van der Waals surface area contributed by atoms with Crippen molar-refractivity contribution in [2.24, 2.45) is 0 Å². The molecule has 4 nitrogen and oxygen atoms in total. The zero-order valence-electron chi connectivity index (χ0n) is 17.3. The van der Waals surface area contributed by atoms with E-state index in [9.17, 15) is 4.79 Å². The third-order valence-corrected chi connectivity index (χ3v) is 5.91. The fourth-order valence-electron chi connectivity index (χ4n) is 3.94. The molecule has 0 bridgehead atoms. The van der Waals surface area contributed by atoms with E-state index in [2.05, 4.69) is 45.5 Å². The van der Waals surface area contributed by atoms with Crippen molar-refractivity contribution in [1.29, 1.82) is 0 Å². The van der Waals surface area contributed by atoms with Crippen LogP contribution in [-0.2, 0) is 4.74 Å². The lowest BCUT2D eigenvalue weighted by Gasteiger charge is -2.14. The minimum absolute atomic E-state index is 0.0721. The van der Waals surface area contributed by atoms with Crippen LogP contribution in [0.1, 0.15) is 29.0 Å². The van der Waals surface area contributed by atoms with Crippen molar-refractivity contribution in [3.8, 4) is 16.9 Å². The molecule has 0 aliphatic heterocycles. The maximum Gasteiger partial charge on any atom is 0.407 e. The van der Waals surface area contributed by atoms with Crippen LogP contribution in [0.4, 0.5) is 4.79 Å². The minimum atomic E-state index is -0.392. The summed E-state index contributed by atoms with van der Waals surface area (Å²) >= 11 is 3.44. The average molecular weight is 478 g/mol. The minimum Gasteiger partial charge on any atom is -0.496 e. The van der Waals surface area contributed by atoms with Crippen molar-refractivity contribution in [2.45, 2.75) is 12.3 Å². The van der Waals surface area contributed by atoms with Crippen LogP contribution >= 0.6 is 15.9 Å². The van der Waals surface area contributed by atoms with Crippen LogP contribution in [0.3, 0.4) is 0 Å². The molecule has 0 atom stereocenters. The number of fused-ring (bicyclic) bond motifs is 3. The van der Waals surface area contributed by atoms with Gasteiger partial charge < -0.3 is 14.8 Å². The monoisotopic (exact) mass is 477 g/mol.